The van der Waals surface area contributed by atoms with Crippen LogP contribution >= 0.6 is 0 Å². The first-order valence-corrected chi connectivity index (χ1v) is 9.45. The minimum absolute atomic E-state index is 0.355. The number of hydrogen-bond acceptors (Lipinski definition) is 6. The van der Waals surface area contributed by atoms with Crippen molar-refractivity contribution >= 4 is 17.6 Å². The Hall–Kier alpha value is -4.31. The van der Waals surface area contributed by atoms with Crippen LogP contribution in [0, 0.1) is 18.3 Å². The van der Waals surface area contributed by atoms with Gasteiger partial charge in [-0.05, 0) is 55.5 Å². The lowest BCUT2D eigenvalue weighted by atomic mass is 10.2. The number of carbonyl (C=O) groups excluding carboxylic acids is 2. The highest BCUT2D eigenvalue weighted by Crippen LogP contribution is 2.29. The van der Waals surface area contributed by atoms with E-state index < -0.39 is 18.5 Å². The molecule has 156 valence electrons. The summed E-state index contributed by atoms with van der Waals surface area (Å²) in [7, 11) is 0. The van der Waals surface area contributed by atoms with E-state index in [2.05, 4.69) is 5.32 Å². The standard InChI is InChI=1S/C24H20N2O5/c1-17-6-10-20(11-7-17)31-22-5-3-2-4-21(22)26-23(27)15-30-24(28)16-29-19-12-8-18(14-25)9-13-19/h2-13H,15-16H2,1H3,(H,26,27). The summed E-state index contributed by atoms with van der Waals surface area (Å²) in [6.45, 7) is 1.16. The van der Waals surface area contributed by atoms with Gasteiger partial charge < -0.3 is 19.5 Å². The van der Waals surface area contributed by atoms with E-state index in [9.17, 15) is 9.59 Å². The van der Waals surface area contributed by atoms with E-state index in [0.717, 1.165) is 5.56 Å². The Morgan fingerprint density at radius 2 is 1.58 bits per heavy atom. The molecule has 0 saturated carbocycles. The van der Waals surface area contributed by atoms with Gasteiger partial charge in [-0.3, -0.25) is 4.79 Å². The van der Waals surface area contributed by atoms with Crippen LogP contribution in [0.1, 0.15) is 11.1 Å². The number of aryl methyl sites for hydroxylation is 1. The Morgan fingerprint density at radius 1 is 0.903 bits per heavy atom. The van der Waals surface area contributed by atoms with Crippen LogP contribution in [0.4, 0.5) is 5.69 Å². The summed E-state index contributed by atoms with van der Waals surface area (Å²) >= 11 is 0. The maximum absolute atomic E-state index is 12.2. The molecule has 1 amide bonds. The number of nitriles is 1. The molecule has 0 aromatic heterocycles. The monoisotopic (exact) mass is 416 g/mol. The van der Waals surface area contributed by atoms with Gasteiger partial charge in [0.25, 0.3) is 5.91 Å². The van der Waals surface area contributed by atoms with Crippen molar-refractivity contribution in [3.05, 3.63) is 83.9 Å². The van der Waals surface area contributed by atoms with Gasteiger partial charge >= 0.3 is 5.97 Å². The van der Waals surface area contributed by atoms with E-state index in [1.54, 1.807) is 48.5 Å². The molecule has 7 nitrogen and oxygen atoms in total. The number of amides is 1. The smallest absolute Gasteiger partial charge is 0.344 e. The lowest BCUT2D eigenvalue weighted by molar-refractivity contribution is -0.149. The molecule has 0 heterocycles. The van der Waals surface area contributed by atoms with Crippen LogP contribution in [0.5, 0.6) is 17.2 Å². The predicted octanol–water partition coefficient (Wildman–Crippen LogP) is 4.22. The lowest BCUT2D eigenvalue weighted by Crippen LogP contribution is -2.23. The van der Waals surface area contributed by atoms with Crippen molar-refractivity contribution in [2.75, 3.05) is 18.5 Å². The summed E-state index contributed by atoms with van der Waals surface area (Å²) in [5, 5.41) is 11.4. The second kappa shape index (κ2) is 10.5. The minimum Gasteiger partial charge on any atom is -0.482 e. The minimum atomic E-state index is -0.691. The molecule has 0 atom stereocenters. The van der Waals surface area contributed by atoms with Gasteiger partial charge in [-0.15, -0.1) is 0 Å². The number of ether oxygens (including phenoxy) is 3. The summed E-state index contributed by atoms with van der Waals surface area (Å²) in [5.41, 5.74) is 2.05. The Bertz CT molecular complexity index is 1090. The number of benzene rings is 3. The molecule has 3 aromatic carbocycles. The maximum Gasteiger partial charge on any atom is 0.344 e. The number of esters is 1. The van der Waals surface area contributed by atoms with E-state index in [1.165, 1.54) is 0 Å². The zero-order valence-corrected chi connectivity index (χ0v) is 16.8. The molecule has 0 fully saturated rings. The molecule has 0 spiro atoms. The van der Waals surface area contributed by atoms with Crippen molar-refractivity contribution in [3.8, 4) is 23.3 Å². The highest BCUT2D eigenvalue weighted by molar-refractivity contribution is 5.94. The zero-order valence-electron chi connectivity index (χ0n) is 16.8. The second-order valence-electron chi connectivity index (χ2n) is 6.54. The number of hydrogen-bond donors (Lipinski definition) is 1. The Balaban J connectivity index is 1.48. The Kier molecular flexibility index (Phi) is 7.22. The molecule has 3 rings (SSSR count). The fraction of sp³-hybridized carbons (Fsp3) is 0.125. The second-order valence-corrected chi connectivity index (χ2v) is 6.54. The molecule has 1 N–H and O–H groups in total. The molecule has 0 saturated heterocycles. The highest BCUT2D eigenvalue weighted by atomic mass is 16.6. The van der Waals surface area contributed by atoms with Crippen LogP contribution in [0.25, 0.3) is 0 Å². The van der Waals surface area contributed by atoms with Gasteiger partial charge in [0.05, 0.1) is 17.3 Å². The van der Waals surface area contributed by atoms with Crippen LogP contribution < -0.4 is 14.8 Å². The number of carbonyl (C=O) groups is 2. The van der Waals surface area contributed by atoms with Crippen molar-refractivity contribution in [3.63, 3.8) is 0 Å². The van der Waals surface area contributed by atoms with Crippen molar-refractivity contribution in [1.82, 2.24) is 0 Å². The highest BCUT2D eigenvalue weighted by Gasteiger charge is 2.12. The molecule has 0 radical (unpaired) electrons. The van der Waals surface area contributed by atoms with E-state index in [0.29, 0.717) is 28.5 Å². The number of nitrogens with zero attached hydrogens (tertiary/aromatic N) is 1. The topological polar surface area (TPSA) is 97.7 Å². The zero-order chi connectivity index (χ0) is 22.1. The van der Waals surface area contributed by atoms with Crippen molar-refractivity contribution in [2.45, 2.75) is 6.92 Å². The first-order valence-electron chi connectivity index (χ1n) is 9.45. The SMILES string of the molecule is Cc1ccc(Oc2ccccc2NC(=O)COC(=O)COc2ccc(C#N)cc2)cc1. The van der Waals surface area contributed by atoms with Gasteiger partial charge in [0, 0.05) is 0 Å². The van der Waals surface area contributed by atoms with Gasteiger partial charge in [-0.25, -0.2) is 4.79 Å². The molecular formula is C24H20N2O5. The molecule has 0 aliphatic rings. The van der Waals surface area contributed by atoms with Gasteiger partial charge in [-0.1, -0.05) is 29.8 Å². The number of nitrogens with one attached hydrogen (secondary N) is 1. The normalized spacial score (nSPS) is 9.94. The van der Waals surface area contributed by atoms with E-state index in [4.69, 9.17) is 19.5 Å². The molecule has 0 bridgehead atoms. The fourth-order valence-electron chi connectivity index (χ4n) is 2.53. The molecule has 0 aliphatic carbocycles. The van der Waals surface area contributed by atoms with Crippen LogP contribution in [-0.4, -0.2) is 25.1 Å². The number of para-hydroxylation sites is 2. The first kappa shape index (κ1) is 21.4. The molecular weight excluding hydrogens is 396 g/mol. The third-order valence-electron chi connectivity index (χ3n) is 4.11. The third-order valence-corrected chi connectivity index (χ3v) is 4.11. The fourth-order valence-corrected chi connectivity index (χ4v) is 2.53. The summed E-state index contributed by atoms with van der Waals surface area (Å²) in [4.78, 5) is 24.0. The lowest BCUT2D eigenvalue weighted by Gasteiger charge is -2.12. The van der Waals surface area contributed by atoms with Crippen LogP contribution in [0.3, 0.4) is 0 Å². The van der Waals surface area contributed by atoms with Gasteiger partial charge in [0.1, 0.15) is 11.5 Å². The van der Waals surface area contributed by atoms with Crippen LogP contribution in [0.2, 0.25) is 0 Å². The summed E-state index contributed by atoms with van der Waals surface area (Å²) < 4.78 is 16.1. The molecule has 3 aromatic rings. The van der Waals surface area contributed by atoms with Crippen molar-refractivity contribution in [1.29, 1.82) is 5.26 Å². The molecule has 0 unspecified atom stereocenters. The van der Waals surface area contributed by atoms with Gasteiger partial charge in [-0.2, -0.15) is 5.26 Å². The predicted molar refractivity (Wildman–Crippen MR) is 114 cm³/mol. The van der Waals surface area contributed by atoms with Crippen molar-refractivity contribution < 1.29 is 23.8 Å². The molecule has 0 aliphatic heterocycles. The quantitative estimate of drug-likeness (QED) is 0.552. The van der Waals surface area contributed by atoms with Crippen LogP contribution in [-0.2, 0) is 14.3 Å². The average molecular weight is 416 g/mol. The Labute approximate surface area is 179 Å². The summed E-state index contributed by atoms with van der Waals surface area (Å²) in [6.07, 6.45) is 0. The van der Waals surface area contributed by atoms with Gasteiger partial charge in [0.15, 0.2) is 19.0 Å². The van der Waals surface area contributed by atoms with E-state index in [1.807, 2.05) is 37.3 Å². The van der Waals surface area contributed by atoms with Gasteiger partial charge in [0.2, 0.25) is 0 Å². The van der Waals surface area contributed by atoms with Crippen LogP contribution in [0.15, 0.2) is 72.8 Å². The largest absolute Gasteiger partial charge is 0.482 e. The van der Waals surface area contributed by atoms with Crippen molar-refractivity contribution in [2.24, 2.45) is 0 Å². The third kappa shape index (κ3) is 6.61. The molecule has 7 heteroatoms. The summed E-state index contributed by atoms with van der Waals surface area (Å²) in [6, 6.07) is 22.8. The average Bonchev–Trinajstić information content (AvgIpc) is 2.79. The van der Waals surface area contributed by atoms with E-state index in [-0.39, 0.29) is 6.61 Å². The number of rotatable bonds is 8. The Morgan fingerprint density at radius 3 is 2.29 bits per heavy atom. The number of anilines is 1. The molecule has 31 heavy (non-hydrogen) atoms. The first-order chi connectivity index (χ1) is 15.0. The summed E-state index contributed by atoms with van der Waals surface area (Å²) in [5.74, 6) is 0.326. The maximum atomic E-state index is 12.2. The van der Waals surface area contributed by atoms with E-state index >= 15 is 0 Å².